The van der Waals surface area contributed by atoms with Gasteiger partial charge in [0.05, 0.1) is 23.4 Å². The van der Waals surface area contributed by atoms with E-state index in [0.29, 0.717) is 33.8 Å². The maximum absolute atomic E-state index is 14.2. The Kier molecular flexibility index (Phi) is 4.19. The normalized spacial score (nSPS) is 13.2. The summed E-state index contributed by atoms with van der Waals surface area (Å²) in [6.07, 6.45) is 0. The molecule has 0 unspecified atom stereocenters. The van der Waals surface area contributed by atoms with Crippen LogP contribution >= 0.6 is 0 Å². The summed E-state index contributed by atoms with van der Waals surface area (Å²) in [6, 6.07) is 14.5. The third-order valence-electron chi connectivity index (χ3n) is 5.00. The highest BCUT2D eigenvalue weighted by Crippen LogP contribution is 2.26. The Morgan fingerprint density at radius 2 is 1.50 bits per heavy atom. The number of imide groups is 1. The molecule has 5 nitrogen and oxygen atoms in total. The lowest BCUT2D eigenvalue weighted by atomic mass is 10.1. The minimum atomic E-state index is -0.475. The molecule has 0 aliphatic carbocycles. The molecule has 2 heterocycles. The number of para-hydroxylation sites is 1. The van der Waals surface area contributed by atoms with E-state index in [-0.39, 0.29) is 12.3 Å². The number of hydrogen-bond donors (Lipinski definition) is 0. The van der Waals surface area contributed by atoms with Gasteiger partial charge in [0.15, 0.2) is 5.78 Å². The summed E-state index contributed by atoms with van der Waals surface area (Å²) in [5.74, 6) is -1.72. The zero-order valence-electron chi connectivity index (χ0n) is 15.4. The number of Topliss-reactive ketones (excluding diaryl/α,β-unsaturated/α-hetero) is 1. The number of hydrogen-bond acceptors (Lipinski definition) is 3. The molecule has 0 radical (unpaired) electrons. The molecular weight excluding hydrogens is 359 g/mol. The summed E-state index contributed by atoms with van der Waals surface area (Å²) in [5.41, 5.74) is 2.56. The number of benzene rings is 2. The van der Waals surface area contributed by atoms with Gasteiger partial charge >= 0.3 is 0 Å². The SMILES string of the molecule is Cc1cc(C(=O)CN2C(=O)c3ccccc3C2=O)c(C)n1-c1ccccc1F. The van der Waals surface area contributed by atoms with E-state index in [1.54, 1.807) is 66.9 Å². The Bertz CT molecular complexity index is 1110. The van der Waals surface area contributed by atoms with Gasteiger partial charge in [0, 0.05) is 17.0 Å². The quantitative estimate of drug-likeness (QED) is 0.515. The van der Waals surface area contributed by atoms with Gasteiger partial charge in [-0.3, -0.25) is 19.3 Å². The lowest BCUT2D eigenvalue weighted by Gasteiger charge is -2.13. The first-order valence-corrected chi connectivity index (χ1v) is 8.82. The number of rotatable bonds is 4. The largest absolute Gasteiger partial charge is 0.315 e. The lowest BCUT2D eigenvalue weighted by Crippen LogP contribution is -2.35. The highest BCUT2D eigenvalue weighted by atomic mass is 19.1. The van der Waals surface area contributed by atoms with Crippen molar-refractivity contribution in [1.82, 2.24) is 9.47 Å². The third kappa shape index (κ3) is 2.65. The first-order chi connectivity index (χ1) is 13.4. The van der Waals surface area contributed by atoms with Crippen LogP contribution in [0, 0.1) is 19.7 Å². The molecule has 2 aromatic carbocycles. The predicted molar refractivity (Wildman–Crippen MR) is 101 cm³/mol. The van der Waals surface area contributed by atoms with Gasteiger partial charge in [0.25, 0.3) is 11.8 Å². The van der Waals surface area contributed by atoms with Crippen LogP contribution in [0.15, 0.2) is 54.6 Å². The summed E-state index contributed by atoms with van der Waals surface area (Å²) in [4.78, 5) is 38.8. The number of nitrogens with zero attached hydrogens (tertiary/aromatic N) is 2. The molecule has 28 heavy (non-hydrogen) atoms. The summed E-state index contributed by atoms with van der Waals surface area (Å²) < 4.78 is 15.9. The molecule has 1 aromatic heterocycles. The van der Waals surface area contributed by atoms with E-state index in [0.717, 1.165) is 4.90 Å². The van der Waals surface area contributed by atoms with Crippen molar-refractivity contribution in [2.45, 2.75) is 13.8 Å². The molecule has 1 aliphatic rings. The van der Waals surface area contributed by atoms with Gasteiger partial charge in [-0.1, -0.05) is 24.3 Å². The number of aryl methyl sites for hydroxylation is 1. The van der Waals surface area contributed by atoms with Crippen molar-refractivity contribution < 1.29 is 18.8 Å². The van der Waals surface area contributed by atoms with Crippen LogP contribution in [0.5, 0.6) is 0 Å². The van der Waals surface area contributed by atoms with Gasteiger partial charge in [-0.15, -0.1) is 0 Å². The second-order valence-corrected chi connectivity index (χ2v) is 6.74. The van der Waals surface area contributed by atoms with E-state index >= 15 is 0 Å². The van der Waals surface area contributed by atoms with Crippen molar-refractivity contribution in [3.05, 3.63) is 88.5 Å². The molecule has 0 saturated heterocycles. The summed E-state index contributed by atoms with van der Waals surface area (Å²) >= 11 is 0. The molecule has 0 saturated carbocycles. The van der Waals surface area contributed by atoms with E-state index < -0.39 is 17.6 Å². The molecule has 0 fully saturated rings. The fraction of sp³-hybridized carbons (Fsp3) is 0.136. The number of fused-ring (bicyclic) bond motifs is 1. The number of halogens is 1. The van der Waals surface area contributed by atoms with Gasteiger partial charge in [-0.25, -0.2) is 4.39 Å². The van der Waals surface area contributed by atoms with E-state index in [4.69, 9.17) is 0 Å². The fourth-order valence-corrected chi connectivity index (χ4v) is 3.66. The molecule has 6 heteroatoms. The van der Waals surface area contributed by atoms with Crippen LogP contribution in [-0.4, -0.2) is 33.6 Å². The molecule has 4 rings (SSSR count). The minimum absolute atomic E-state index is 0.303. The average Bonchev–Trinajstić information content (AvgIpc) is 3.11. The van der Waals surface area contributed by atoms with Crippen molar-refractivity contribution in [2.24, 2.45) is 0 Å². The standard InChI is InChI=1S/C22H17FN2O3/c1-13-11-17(14(2)25(13)19-10-6-5-9-18(19)23)20(26)12-24-21(27)15-7-3-4-8-16(15)22(24)28/h3-11H,12H2,1-2H3. The Labute approximate surface area is 161 Å². The van der Waals surface area contributed by atoms with Gasteiger partial charge in [-0.05, 0) is 44.2 Å². The number of amides is 2. The fourth-order valence-electron chi connectivity index (χ4n) is 3.66. The van der Waals surface area contributed by atoms with Gasteiger partial charge < -0.3 is 4.57 Å². The second kappa shape index (κ2) is 6.56. The van der Waals surface area contributed by atoms with E-state index in [1.165, 1.54) is 6.07 Å². The average molecular weight is 376 g/mol. The summed E-state index contributed by atoms with van der Waals surface area (Å²) in [7, 11) is 0. The maximum Gasteiger partial charge on any atom is 0.261 e. The van der Waals surface area contributed by atoms with Crippen molar-refractivity contribution in [3.8, 4) is 5.69 Å². The van der Waals surface area contributed by atoms with Crippen molar-refractivity contribution in [3.63, 3.8) is 0 Å². The van der Waals surface area contributed by atoms with Crippen LogP contribution in [0.25, 0.3) is 5.69 Å². The number of carbonyl (C=O) groups excluding carboxylic acids is 3. The van der Waals surface area contributed by atoms with E-state index in [9.17, 15) is 18.8 Å². The molecule has 140 valence electrons. The molecular formula is C22H17FN2O3. The molecule has 0 N–H and O–H groups in total. The molecule has 0 atom stereocenters. The topological polar surface area (TPSA) is 59.4 Å². The molecule has 3 aromatic rings. The second-order valence-electron chi connectivity index (χ2n) is 6.74. The molecule has 0 spiro atoms. The number of carbonyl (C=O) groups is 3. The summed E-state index contributed by atoms with van der Waals surface area (Å²) in [5, 5.41) is 0. The Morgan fingerprint density at radius 3 is 2.11 bits per heavy atom. The maximum atomic E-state index is 14.2. The van der Waals surface area contributed by atoms with Crippen LogP contribution < -0.4 is 0 Å². The Balaban J connectivity index is 1.66. The van der Waals surface area contributed by atoms with Crippen LogP contribution in [0.1, 0.15) is 42.5 Å². The van der Waals surface area contributed by atoms with E-state index in [1.807, 2.05) is 0 Å². The number of ketones is 1. The van der Waals surface area contributed by atoms with Gasteiger partial charge in [0.2, 0.25) is 0 Å². The zero-order chi connectivity index (χ0) is 20.0. The van der Waals surface area contributed by atoms with Crippen LogP contribution in [0.2, 0.25) is 0 Å². The summed E-state index contributed by atoms with van der Waals surface area (Å²) in [6.45, 7) is 3.14. The van der Waals surface area contributed by atoms with Crippen LogP contribution in [-0.2, 0) is 0 Å². The molecule has 1 aliphatic heterocycles. The van der Waals surface area contributed by atoms with E-state index in [2.05, 4.69) is 0 Å². The monoisotopic (exact) mass is 376 g/mol. The highest BCUT2D eigenvalue weighted by Gasteiger charge is 2.36. The first-order valence-electron chi connectivity index (χ1n) is 8.82. The Morgan fingerprint density at radius 1 is 0.929 bits per heavy atom. The molecule has 0 bridgehead atoms. The first kappa shape index (κ1) is 17.9. The minimum Gasteiger partial charge on any atom is -0.315 e. The van der Waals surface area contributed by atoms with Crippen molar-refractivity contribution in [1.29, 1.82) is 0 Å². The van der Waals surface area contributed by atoms with Crippen LogP contribution in [0.3, 0.4) is 0 Å². The predicted octanol–water partition coefficient (Wildman–Crippen LogP) is 3.71. The molecule has 2 amide bonds. The van der Waals surface area contributed by atoms with Crippen molar-refractivity contribution >= 4 is 17.6 Å². The third-order valence-corrected chi connectivity index (χ3v) is 5.00. The van der Waals surface area contributed by atoms with Gasteiger partial charge in [0.1, 0.15) is 5.82 Å². The van der Waals surface area contributed by atoms with Gasteiger partial charge in [-0.2, -0.15) is 0 Å². The Hall–Kier alpha value is -3.54. The van der Waals surface area contributed by atoms with Crippen LogP contribution in [0.4, 0.5) is 4.39 Å². The zero-order valence-corrected chi connectivity index (χ0v) is 15.4. The number of aromatic nitrogens is 1. The smallest absolute Gasteiger partial charge is 0.261 e. The highest BCUT2D eigenvalue weighted by molar-refractivity contribution is 6.23. The lowest BCUT2D eigenvalue weighted by molar-refractivity contribution is 0.0624. The van der Waals surface area contributed by atoms with Crippen molar-refractivity contribution in [2.75, 3.05) is 6.54 Å².